The van der Waals surface area contributed by atoms with Crippen LogP contribution in [0.1, 0.15) is 88.1 Å². The van der Waals surface area contributed by atoms with E-state index in [1.54, 1.807) is 0 Å². The van der Waals surface area contributed by atoms with E-state index >= 15 is 0 Å². The Labute approximate surface area is 266 Å². The van der Waals surface area contributed by atoms with Crippen LogP contribution in [0, 0.1) is 13.8 Å². The van der Waals surface area contributed by atoms with Crippen LogP contribution in [0.3, 0.4) is 0 Å². The molecular formula is C44H43N. The lowest BCUT2D eigenvalue weighted by molar-refractivity contribution is 0.589. The Bertz CT molecular complexity index is 2320. The van der Waals surface area contributed by atoms with Gasteiger partial charge in [-0.05, 0) is 128 Å². The molecule has 0 atom stereocenters. The number of nitrogens with zero attached hydrogens (tertiary/aromatic N) is 1. The monoisotopic (exact) mass is 585 g/mol. The Morgan fingerprint density at radius 2 is 0.978 bits per heavy atom. The van der Waals surface area contributed by atoms with Crippen molar-refractivity contribution in [2.24, 2.45) is 0 Å². The van der Waals surface area contributed by atoms with Crippen LogP contribution < -0.4 is 0 Å². The van der Waals surface area contributed by atoms with Crippen molar-refractivity contribution in [3.8, 4) is 11.1 Å². The summed E-state index contributed by atoms with van der Waals surface area (Å²) in [6.45, 7) is 20.6. The highest BCUT2D eigenvalue weighted by Gasteiger charge is 2.22. The molecular weight excluding hydrogens is 542 g/mol. The average molecular weight is 586 g/mol. The molecule has 0 unspecified atom stereocenters. The van der Waals surface area contributed by atoms with Crippen molar-refractivity contribution in [2.75, 3.05) is 0 Å². The molecule has 0 spiro atoms. The maximum atomic E-state index is 2.55. The molecule has 0 aliphatic heterocycles. The molecule has 0 bridgehead atoms. The number of fused-ring (bicyclic) bond motifs is 8. The zero-order valence-electron chi connectivity index (χ0n) is 28.2. The minimum Gasteiger partial charge on any atom is -0.308 e. The summed E-state index contributed by atoms with van der Waals surface area (Å²) in [5, 5.41) is 10.6. The normalized spacial score (nSPS) is 13.0. The van der Waals surface area contributed by atoms with Crippen molar-refractivity contribution in [3.05, 3.63) is 113 Å². The number of rotatable bonds is 3. The van der Waals surface area contributed by atoms with Crippen LogP contribution in [0.2, 0.25) is 0 Å². The fourth-order valence-corrected chi connectivity index (χ4v) is 7.78. The van der Waals surface area contributed by atoms with Crippen LogP contribution in [0.4, 0.5) is 0 Å². The van der Waals surface area contributed by atoms with Crippen LogP contribution in [0.5, 0.6) is 0 Å². The second kappa shape index (κ2) is 9.57. The minimum absolute atomic E-state index is 0.115. The highest BCUT2D eigenvalue weighted by Crippen LogP contribution is 2.45. The second-order valence-electron chi connectivity index (χ2n) is 15.3. The summed E-state index contributed by atoms with van der Waals surface area (Å²) in [4.78, 5) is 0. The van der Waals surface area contributed by atoms with Crippen molar-refractivity contribution in [1.82, 2.24) is 4.40 Å². The lowest BCUT2D eigenvalue weighted by Crippen LogP contribution is -2.12. The largest absolute Gasteiger partial charge is 0.308 e. The third-order valence-corrected chi connectivity index (χ3v) is 10.4. The molecule has 0 aliphatic carbocycles. The van der Waals surface area contributed by atoms with Crippen LogP contribution >= 0.6 is 0 Å². The second-order valence-corrected chi connectivity index (χ2v) is 15.3. The molecule has 0 fully saturated rings. The summed E-state index contributed by atoms with van der Waals surface area (Å²) in [7, 11) is 0. The van der Waals surface area contributed by atoms with Crippen molar-refractivity contribution in [3.63, 3.8) is 0 Å². The Balaban J connectivity index is 1.53. The van der Waals surface area contributed by atoms with E-state index in [4.69, 9.17) is 0 Å². The number of aromatic nitrogens is 1. The van der Waals surface area contributed by atoms with E-state index in [-0.39, 0.29) is 5.41 Å². The molecule has 0 saturated carbocycles. The molecule has 0 aliphatic rings. The van der Waals surface area contributed by atoms with Gasteiger partial charge in [0.2, 0.25) is 0 Å². The highest BCUT2D eigenvalue weighted by molar-refractivity contribution is 6.27. The number of hydrogen-bond acceptors (Lipinski definition) is 0. The molecule has 8 rings (SSSR count). The third-order valence-electron chi connectivity index (χ3n) is 10.4. The van der Waals surface area contributed by atoms with Crippen LogP contribution in [0.25, 0.3) is 70.8 Å². The average Bonchev–Trinajstić information content (AvgIpc) is 3.47. The lowest BCUT2D eigenvalue weighted by Gasteiger charge is -2.22. The first-order chi connectivity index (χ1) is 21.4. The van der Waals surface area contributed by atoms with Gasteiger partial charge in [-0.1, -0.05) is 97.0 Å². The van der Waals surface area contributed by atoms with E-state index in [1.165, 1.54) is 98.6 Å². The van der Waals surface area contributed by atoms with Crippen molar-refractivity contribution in [1.29, 1.82) is 0 Å². The summed E-state index contributed by atoms with van der Waals surface area (Å²) in [5.41, 5.74) is 13.6. The number of hydrogen-bond donors (Lipinski definition) is 0. The smallest absolute Gasteiger partial charge is 0.0620 e. The highest BCUT2D eigenvalue weighted by atomic mass is 14.9. The fourth-order valence-electron chi connectivity index (χ4n) is 7.78. The van der Waals surface area contributed by atoms with Crippen LogP contribution in [-0.2, 0) is 5.41 Å². The van der Waals surface area contributed by atoms with Gasteiger partial charge in [0.25, 0.3) is 0 Å². The van der Waals surface area contributed by atoms with E-state index in [9.17, 15) is 0 Å². The van der Waals surface area contributed by atoms with Gasteiger partial charge in [0.05, 0.1) is 16.6 Å². The van der Waals surface area contributed by atoms with Gasteiger partial charge in [0.15, 0.2) is 0 Å². The van der Waals surface area contributed by atoms with Crippen molar-refractivity contribution >= 4 is 59.6 Å². The van der Waals surface area contributed by atoms with Gasteiger partial charge < -0.3 is 4.40 Å². The Kier molecular flexibility index (Phi) is 5.98. The lowest BCUT2D eigenvalue weighted by atomic mass is 9.82. The zero-order valence-corrected chi connectivity index (χ0v) is 28.2. The van der Waals surface area contributed by atoms with E-state index in [1.807, 2.05) is 0 Å². The molecule has 0 saturated heterocycles. The van der Waals surface area contributed by atoms with Gasteiger partial charge in [-0.15, -0.1) is 0 Å². The van der Waals surface area contributed by atoms with E-state index < -0.39 is 0 Å². The van der Waals surface area contributed by atoms with Crippen LogP contribution in [-0.4, -0.2) is 4.40 Å². The summed E-state index contributed by atoms with van der Waals surface area (Å²) in [5.74, 6) is 1.00. The summed E-state index contributed by atoms with van der Waals surface area (Å²) in [6, 6.07) is 33.5. The molecule has 8 aromatic rings. The molecule has 2 aromatic heterocycles. The molecule has 2 heterocycles. The Morgan fingerprint density at radius 3 is 1.40 bits per heavy atom. The van der Waals surface area contributed by atoms with E-state index in [0.29, 0.717) is 11.8 Å². The Hall–Kier alpha value is -4.36. The molecule has 0 radical (unpaired) electrons. The molecule has 0 amide bonds. The van der Waals surface area contributed by atoms with Crippen molar-refractivity contribution in [2.45, 2.75) is 79.6 Å². The quantitative estimate of drug-likeness (QED) is 0.194. The SMILES string of the molecule is Cc1cc(C(C)(C)C)cc(C)c1-c1cc2c3cc4cc(C(C)C)ccc4cc3n3c4cc5ccc(C(C)C)cc5cc4c(c1)c23. The summed E-state index contributed by atoms with van der Waals surface area (Å²) >= 11 is 0. The summed E-state index contributed by atoms with van der Waals surface area (Å²) in [6.07, 6.45) is 0. The van der Waals surface area contributed by atoms with Crippen molar-refractivity contribution < 1.29 is 0 Å². The first-order valence-corrected chi connectivity index (χ1v) is 16.7. The van der Waals surface area contributed by atoms with Gasteiger partial charge in [0, 0.05) is 21.5 Å². The molecule has 45 heavy (non-hydrogen) atoms. The number of benzene rings is 6. The zero-order chi connectivity index (χ0) is 31.5. The molecule has 1 heteroatoms. The predicted octanol–water partition coefficient (Wildman–Crippen LogP) is 13.0. The first kappa shape index (κ1) is 28.1. The van der Waals surface area contributed by atoms with Gasteiger partial charge >= 0.3 is 0 Å². The van der Waals surface area contributed by atoms with Gasteiger partial charge in [-0.25, -0.2) is 0 Å². The molecule has 224 valence electrons. The fraction of sp³-hybridized carbons (Fsp3) is 0.273. The molecule has 0 N–H and O–H groups in total. The molecule has 6 aromatic carbocycles. The van der Waals surface area contributed by atoms with E-state index in [0.717, 1.165) is 0 Å². The van der Waals surface area contributed by atoms with Crippen LogP contribution in [0.15, 0.2) is 84.9 Å². The maximum absolute atomic E-state index is 2.55. The third kappa shape index (κ3) is 4.20. The topological polar surface area (TPSA) is 4.41 Å². The molecule has 1 nitrogen and oxygen atoms in total. The summed E-state index contributed by atoms with van der Waals surface area (Å²) < 4.78 is 2.55. The van der Waals surface area contributed by atoms with Gasteiger partial charge in [-0.2, -0.15) is 0 Å². The van der Waals surface area contributed by atoms with E-state index in [2.05, 4.69) is 152 Å². The predicted molar refractivity (Wildman–Crippen MR) is 198 cm³/mol. The Morgan fingerprint density at radius 1 is 0.511 bits per heavy atom. The standard InChI is InChI=1S/C44H43N/c1-24(2)28-10-12-30-22-40-36(18-32(30)16-28)38-20-34(42-26(5)14-35(15-27(42)6)44(7,8)9)21-39-37-19-33-17-29(25(3)4)11-13-31(33)23-41(37)45(40)43(38)39/h10-25H,1-9H3. The van der Waals surface area contributed by atoms with Gasteiger partial charge in [-0.3, -0.25) is 0 Å². The number of aryl methyl sites for hydroxylation is 2. The van der Waals surface area contributed by atoms with Gasteiger partial charge in [0.1, 0.15) is 0 Å². The first-order valence-electron chi connectivity index (χ1n) is 16.7. The maximum Gasteiger partial charge on any atom is 0.0620 e. The minimum atomic E-state index is 0.115.